The predicted octanol–water partition coefficient (Wildman–Crippen LogP) is 4.81. The van der Waals surface area contributed by atoms with Gasteiger partial charge in [-0.25, -0.2) is 13.6 Å². The summed E-state index contributed by atoms with van der Waals surface area (Å²) in [6.07, 6.45) is -0.994. The van der Waals surface area contributed by atoms with Crippen molar-refractivity contribution < 1.29 is 23.0 Å². The number of nitrogens with one attached hydrogen (secondary N) is 1. The van der Waals surface area contributed by atoms with Gasteiger partial charge in [0, 0.05) is 5.56 Å². The number of halogens is 2. The second-order valence-electron chi connectivity index (χ2n) is 5.42. The molecule has 2 aromatic rings. The molecule has 24 heavy (non-hydrogen) atoms. The Bertz CT molecular complexity index is 747. The maximum absolute atomic E-state index is 14.1. The van der Waals surface area contributed by atoms with Crippen LogP contribution in [0.1, 0.15) is 22.3 Å². The topological polar surface area (TPSA) is 47.6 Å². The Balaban J connectivity index is 2.20. The Morgan fingerprint density at radius 2 is 1.83 bits per heavy atom. The van der Waals surface area contributed by atoms with Crippen LogP contribution in [-0.4, -0.2) is 13.0 Å². The second-order valence-corrected chi connectivity index (χ2v) is 5.42. The minimum atomic E-state index is -1.26. The van der Waals surface area contributed by atoms with Gasteiger partial charge in [-0.1, -0.05) is 12.1 Å². The average molecular weight is 335 g/mol. The molecule has 1 amide bonds. The zero-order valence-corrected chi connectivity index (χ0v) is 13.8. The van der Waals surface area contributed by atoms with E-state index in [4.69, 9.17) is 4.74 Å². The van der Waals surface area contributed by atoms with Crippen molar-refractivity contribution in [1.29, 1.82) is 0 Å². The van der Waals surface area contributed by atoms with Gasteiger partial charge in [0.1, 0.15) is 18.2 Å². The van der Waals surface area contributed by atoms with Crippen molar-refractivity contribution in [2.75, 3.05) is 12.2 Å². The Kier molecular flexibility index (Phi) is 5.73. The zero-order chi connectivity index (χ0) is 17.7. The SMILES string of the molecule is Cc1cc(C)c(OCc2c(F)cccc2NC(=O)OCF)cc1C. The van der Waals surface area contributed by atoms with E-state index in [-0.39, 0.29) is 17.9 Å². The lowest BCUT2D eigenvalue weighted by molar-refractivity contribution is 0.111. The highest BCUT2D eigenvalue weighted by atomic mass is 19.1. The summed E-state index contributed by atoms with van der Waals surface area (Å²) in [5, 5.41) is 2.30. The molecule has 4 nitrogen and oxygen atoms in total. The first-order chi connectivity index (χ1) is 11.4. The van der Waals surface area contributed by atoms with Gasteiger partial charge < -0.3 is 9.47 Å². The summed E-state index contributed by atoms with van der Waals surface area (Å²) in [6, 6.07) is 8.07. The van der Waals surface area contributed by atoms with Crippen molar-refractivity contribution in [1.82, 2.24) is 0 Å². The summed E-state index contributed by atoms with van der Waals surface area (Å²) in [5.41, 5.74) is 3.47. The van der Waals surface area contributed by atoms with E-state index in [1.54, 1.807) is 0 Å². The number of anilines is 1. The van der Waals surface area contributed by atoms with Gasteiger partial charge in [0.25, 0.3) is 0 Å². The number of benzene rings is 2. The Morgan fingerprint density at radius 3 is 2.54 bits per heavy atom. The number of carbonyl (C=O) groups excluding carboxylic acids is 1. The van der Waals surface area contributed by atoms with E-state index < -0.39 is 18.8 Å². The molecule has 0 atom stereocenters. The fourth-order valence-corrected chi connectivity index (χ4v) is 2.26. The van der Waals surface area contributed by atoms with Gasteiger partial charge in [0.05, 0.1) is 5.69 Å². The Hall–Kier alpha value is -2.63. The molecule has 0 aliphatic carbocycles. The number of ether oxygens (including phenoxy) is 2. The minimum absolute atomic E-state index is 0.0821. The van der Waals surface area contributed by atoms with E-state index >= 15 is 0 Å². The van der Waals surface area contributed by atoms with Crippen LogP contribution in [0.15, 0.2) is 30.3 Å². The van der Waals surface area contributed by atoms with Crippen molar-refractivity contribution >= 4 is 11.8 Å². The fourth-order valence-electron chi connectivity index (χ4n) is 2.26. The molecule has 2 aromatic carbocycles. The molecule has 1 N–H and O–H groups in total. The molecular weight excluding hydrogens is 316 g/mol. The molecule has 0 aliphatic rings. The summed E-state index contributed by atoms with van der Waals surface area (Å²) in [7, 11) is 0. The van der Waals surface area contributed by atoms with Crippen LogP contribution in [0.5, 0.6) is 5.75 Å². The molecule has 0 spiro atoms. The number of amides is 1. The van der Waals surface area contributed by atoms with E-state index in [2.05, 4.69) is 10.1 Å². The van der Waals surface area contributed by atoms with Crippen molar-refractivity contribution in [2.45, 2.75) is 27.4 Å². The van der Waals surface area contributed by atoms with Crippen LogP contribution in [0.2, 0.25) is 0 Å². The molecule has 0 fully saturated rings. The molecule has 0 aromatic heterocycles. The Labute approximate surface area is 139 Å². The summed E-state index contributed by atoms with van der Waals surface area (Å²) >= 11 is 0. The summed E-state index contributed by atoms with van der Waals surface area (Å²) < 4.78 is 36.0. The van der Waals surface area contributed by atoms with Crippen LogP contribution in [0.25, 0.3) is 0 Å². The summed E-state index contributed by atoms with van der Waals surface area (Å²) in [6.45, 7) is 4.53. The third-order valence-electron chi connectivity index (χ3n) is 3.70. The molecule has 0 saturated carbocycles. The molecule has 6 heteroatoms. The van der Waals surface area contributed by atoms with Gasteiger partial charge in [-0.05, 0) is 55.7 Å². The third kappa shape index (κ3) is 4.22. The van der Waals surface area contributed by atoms with Crippen LogP contribution in [-0.2, 0) is 11.3 Å². The average Bonchev–Trinajstić information content (AvgIpc) is 2.51. The first kappa shape index (κ1) is 17.7. The van der Waals surface area contributed by atoms with Crippen LogP contribution in [0.4, 0.5) is 19.3 Å². The number of hydrogen-bond donors (Lipinski definition) is 1. The minimum Gasteiger partial charge on any atom is -0.488 e. The molecule has 0 unspecified atom stereocenters. The van der Waals surface area contributed by atoms with Crippen LogP contribution in [0, 0.1) is 26.6 Å². The van der Waals surface area contributed by atoms with Crippen molar-refractivity contribution in [2.24, 2.45) is 0 Å². The maximum Gasteiger partial charge on any atom is 0.413 e. The highest BCUT2D eigenvalue weighted by molar-refractivity contribution is 5.85. The van der Waals surface area contributed by atoms with E-state index in [1.165, 1.54) is 18.2 Å². The van der Waals surface area contributed by atoms with E-state index in [0.717, 1.165) is 16.7 Å². The molecule has 0 saturated heterocycles. The number of aryl methyl sites for hydroxylation is 3. The molecule has 2 rings (SSSR count). The van der Waals surface area contributed by atoms with E-state index in [9.17, 15) is 13.6 Å². The molecule has 0 heterocycles. The van der Waals surface area contributed by atoms with E-state index in [1.807, 2.05) is 32.9 Å². The Morgan fingerprint density at radius 1 is 1.12 bits per heavy atom. The molecule has 128 valence electrons. The van der Waals surface area contributed by atoms with Crippen LogP contribution in [0.3, 0.4) is 0 Å². The lowest BCUT2D eigenvalue weighted by atomic mass is 10.1. The van der Waals surface area contributed by atoms with Crippen LogP contribution < -0.4 is 10.1 Å². The molecule has 0 radical (unpaired) electrons. The third-order valence-corrected chi connectivity index (χ3v) is 3.70. The first-order valence-corrected chi connectivity index (χ1v) is 7.40. The number of hydrogen-bond acceptors (Lipinski definition) is 3. The maximum atomic E-state index is 14.1. The van der Waals surface area contributed by atoms with Gasteiger partial charge in [0.2, 0.25) is 6.86 Å². The molecule has 0 bridgehead atoms. The predicted molar refractivity (Wildman–Crippen MR) is 87.5 cm³/mol. The number of alkyl halides is 1. The number of carbonyl (C=O) groups is 1. The van der Waals surface area contributed by atoms with Gasteiger partial charge in [0.15, 0.2) is 0 Å². The highest BCUT2D eigenvalue weighted by Crippen LogP contribution is 2.26. The van der Waals surface area contributed by atoms with Gasteiger partial charge in [-0.3, -0.25) is 5.32 Å². The normalized spacial score (nSPS) is 10.4. The number of rotatable bonds is 5. The van der Waals surface area contributed by atoms with Crippen molar-refractivity contribution in [3.05, 3.63) is 58.4 Å². The smallest absolute Gasteiger partial charge is 0.413 e. The largest absolute Gasteiger partial charge is 0.488 e. The molecular formula is C18H19F2NO3. The van der Waals surface area contributed by atoms with E-state index in [0.29, 0.717) is 5.75 Å². The lowest BCUT2D eigenvalue weighted by Gasteiger charge is -2.15. The standard InChI is InChI=1S/C18H19F2NO3/c1-11-7-13(3)17(8-12(11)2)23-9-14-15(20)5-4-6-16(14)21-18(22)24-10-19/h4-8H,9-10H2,1-3H3,(H,21,22). The van der Waals surface area contributed by atoms with Crippen molar-refractivity contribution in [3.8, 4) is 5.75 Å². The second kappa shape index (κ2) is 7.77. The van der Waals surface area contributed by atoms with Crippen molar-refractivity contribution in [3.63, 3.8) is 0 Å². The first-order valence-electron chi connectivity index (χ1n) is 7.40. The molecule has 0 aliphatic heterocycles. The highest BCUT2D eigenvalue weighted by Gasteiger charge is 2.13. The summed E-state index contributed by atoms with van der Waals surface area (Å²) in [5.74, 6) is 0.105. The fraction of sp³-hybridized carbons (Fsp3) is 0.278. The quantitative estimate of drug-likeness (QED) is 0.853. The van der Waals surface area contributed by atoms with Crippen LogP contribution >= 0.6 is 0 Å². The summed E-state index contributed by atoms with van der Waals surface area (Å²) in [4.78, 5) is 11.3. The zero-order valence-electron chi connectivity index (χ0n) is 13.8. The monoisotopic (exact) mass is 335 g/mol. The lowest BCUT2D eigenvalue weighted by Crippen LogP contribution is -2.15. The van der Waals surface area contributed by atoms with Gasteiger partial charge >= 0.3 is 6.09 Å². The van der Waals surface area contributed by atoms with Gasteiger partial charge in [-0.2, -0.15) is 0 Å². The van der Waals surface area contributed by atoms with Gasteiger partial charge in [-0.15, -0.1) is 0 Å².